The summed E-state index contributed by atoms with van der Waals surface area (Å²) in [7, 11) is 1.56. The predicted octanol–water partition coefficient (Wildman–Crippen LogP) is 6.00. The average molecular weight is 464 g/mol. The van der Waals surface area contributed by atoms with Crippen molar-refractivity contribution in [1.29, 1.82) is 0 Å². The van der Waals surface area contributed by atoms with Gasteiger partial charge >= 0.3 is 0 Å². The summed E-state index contributed by atoms with van der Waals surface area (Å²) in [4.78, 5) is 12.1. The van der Waals surface area contributed by atoms with Crippen LogP contribution >= 0.6 is 34.8 Å². The quantitative estimate of drug-likeness (QED) is 0.345. The molecule has 0 saturated heterocycles. The smallest absolute Gasteiger partial charge is 0.271 e. The third-order valence-corrected chi connectivity index (χ3v) is 5.01. The average Bonchev–Trinajstić information content (AvgIpc) is 2.74. The highest BCUT2D eigenvalue weighted by atomic mass is 35.5. The van der Waals surface area contributed by atoms with Crippen molar-refractivity contribution in [1.82, 2.24) is 5.43 Å². The Morgan fingerprint density at radius 1 is 1.00 bits per heavy atom. The highest BCUT2D eigenvalue weighted by molar-refractivity contribution is 6.37. The minimum absolute atomic E-state index is 0.227. The van der Waals surface area contributed by atoms with Gasteiger partial charge in [0.1, 0.15) is 12.4 Å². The zero-order chi connectivity index (χ0) is 21.5. The fraction of sp³-hybridized carbons (Fsp3) is 0.0909. The van der Waals surface area contributed by atoms with E-state index >= 15 is 0 Å². The number of nitrogens with one attached hydrogen (secondary N) is 1. The molecule has 1 amide bonds. The van der Waals surface area contributed by atoms with Gasteiger partial charge in [0.15, 0.2) is 5.75 Å². The summed E-state index contributed by atoms with van der Waals surface area (Å²) in [5.74, 6) is 0.652. The lowest BCUT2D eigenvalue weighted by Gasteiger charge is -2.11. The topological polar surface area (TPSA) is 59.9 Å². The number of carbonyl (C=O) groups excluding carboxylic acids is 1. The summed E-state index contributed by atoms with van der Waals surface area (Å²) in [6.45, 7) is 0.227. The fourth-order valence-electron chi connectivity index (χ4n) is 2.53. The lowest BCUT2D eigenvalue weighted by molar-refractivity contribution is 0.0955. The van der Waals surface area contributed by atoms with Gasteiger partial charge in [0.05, 0.1) is 23.4 Å². The first-order chi connectivity index (χ1) is 14.5. The standard InChI is InChI=1S/C22H17Cl3N2O3/c1-29-17-8-6-15(7-9-17)22(28)27-26-12-14-10-19(24)21(20(25)11-14)30-13-16-4-2-3-5-18(16)23/h2-12H,13H2,1H3,(H,27,28)/b26-12-. The summed E-state index contributed by atoms with van der Waals surface area (Å²) < 4.78 is 10.8. The molecule has 3 rings (SSSR count). The van der Waals surface area contributed by atoms with Gasteiger partial charge in [-0.25, -0.2) is 5.43 Å². The van der Waals surface area contributed by atoms with Crippen LogP contribution in [0.25, 0.3) is 0 Å². The van der Waals surface area contributed by atoms with Gasteiger partial charge in [-0.3, -0.25) is 4.79 Å². The molecule has 0 bridgehead atoms. The molecule has 0 aromatic heterocycles. The van der Waals surface area contributed by atoms with Gasteiger partial charge in [-0.2, -0.15) is 5.10 Å². The van der Waals surface area contributed by atoms with Crippen LogP contribution in [-0.4, -0.2) is 19.2 Å². The number of halogens is 3. The lowest BCUT2D eigenvalue weighted by atomic mass is 10.2. The highest BCUT2D eigenvalue weighted by Crippen LogP contribution is 2.34. The molecule has 3 aromatic rings. The van der Waals surface area contributed by atoms with E-state index in [9.17, 15) is 4.79 Å². The Morgan fingerprint density at radius 2 is 1.67 bits per heavy atom. The van der Waals surface area contributed by atoms with E-state index in [-0.39, 0.29) is 12.5 Å². The molecule has 0 fully saturated rings. The number of ether oxygens (including phenoxy) is 2. The van der Waals surface area contributed by atoms with Crippen molar-refractivity contribution in [2.75, 3.05) is 7.11 Å². The van der Waals surface area contributed by atoms with E-state index in [1.165, 1.54) is 6.21 Å². The van der Waals surface area contributed by atoms with E-state index < -0.39 is 0 Å². The maximum atomic E-state index is 12.1. The highest BCUT2D eigenvalue weighted by Gasteiger charge is 2.11. The van der Waals surface area contributed by atoms with Crippen LogP contribution in [0.1, 0.15) is 21.5 Å². The molecule has 0 heterocycles. The molecule has 0 saturated carbocycles. The maximum Gasteiger partial charge on any atom is 0.271 e. The minimum atomic E-state index is -0.356. The Morgan fingerprint density at radius 3 is 2.30 bits per heavy atom. The van der Waals surface area contributed by atoms with E-state index in [2.05, 4.69) is 10.5 Å². The minimum Gasteiger partial charge on any atom is -0.497 e. The normalized spacial score (nSPS) is 10.8. The van der Waals surface area contributed by atoms with E-state index in [0.717, 1.165) is 5.56 Å². The molecular weight excluding hydrogens is 447 g/mol. The SMILES string of the molecule is COc1ccc(C(=O)N/N=C\c2cc(Cl)c(OCc3ccccc3Cl)c(Cl)c2)cc1. The number of hydrogen-bond donors (Lipinski definition) is 1. The van der Waals surface area contributed by atoms with Crippen LogP contribution < -0.4 is 14.9 Å². The molecule has 0 atom stereocenters. The van der Waals surface area contributed by atoms with E-state index in [4.69, 9.17) is 44.3 Å². The fourth-order valence-corrected chi connectivity index (χ4v) is 3.33. The van der Waals surface area contributed by atoms with Crippen LogP contribution in [0.15, 0.2) is 65.8 Å². The van der Waals surface area contributed by atoms with Crippen LogP contribution in [0.5, 0.6) is 11.5 Å². The van der Waals surface area contributed by atoms with Crippen molar-refractivity contribution in [3.8, 4) is 11.5 Å². The Hall–Kier alpha value is -2.73. The third-order valence-electron chi connectivity index (χ3n) is 4.08. The van der Waals surface area contributed by atoms with Gasteiger partial charge in [-0.05, 0) is 48.0 Å². The van der Waals surface area contributed by atoms with Crippen LogP contribution in [0.2, 0.25) is 15.1 Å². The van der Waals surface area contributed by atoms with E-state index in [0.29, 0.717) is 37.7 Å². The van der Waals surface area contributed by atoms with Gasteiger partial charge in [0.2, 0.25) is 0 Å². The summed E-state index contributed by atoms with van der Waals surface area (Å²) in [5.41, 5.74) is 4.32. The molecule has 0 aliphatic carbocycles. The zero-order valence-electron chi connectivity index (χ0n) is 15.9. The second kappa shape index (κ2) is 10.3. The molecule has 3 aromatic carbocycles. The number of benzene rings is 3. The number of amides is 1. The van der Waals surface area contributed by atoms with Crippen molar-refractivity contribution in [2.45, 2.75) is 6.61 Å². The first-order valence-corrected chi connectivity index (χ1v) is 9.94. The molecule has 0 unspecified atom stereocenters. The van der Waals surface area contributed by atoms with Gasteiger partial charge in [0.25, 0.3) is 5.91 Å². The van der Waals surface area contributed by atoms with Crippen LogP contribution in [0.4, 0.5) is 0 Å². The summed E-state index contributed by atoms with van der Waals surface area (Å²) >= 11 is 18.7. The first kappa shape index (κ1) is 22.0. The van der Waals surface area contributed by atoms with Gasteiger partial charge < -0.3 is 9.47 Å². The van der Waals surface area contributed by atoms with E-state index in [1.807, 2.05) is 18.2 Å². The number of carbonyl (C=O) groups is 1. The zero-order valence-corrected chi connectivity index (χ0v) is 18.1. The molecular formula is C22H17Cl3N2O3. The Balaban J connectivity index is 1.64. The molecule has 8 heteroatoms. The number of rotatable bonds is 7. The summed E-state index contributed by atoms with van der Waals surface area (Å²) in [6.07, 6.45) is 1.44. The molecule has 0 spiro atoms. The third kappa shape index (κ3) is 5.66. The monoisotopic (exact) mass is 462 g/mol. The number of hydrogen-bond acceptors (Lipinski definition) is 4. The van der Waals surface area contributed by atoms with E-state index in [1.54, 1.807) is 49.6 Å². The van der Waals surface area contributed by atoms with Gasteiger partial charge in [-0.1, -0.05) is 53.0 Å². The maximum absolute atomic E-state index is 12.1. The second-order valence-corrected chi connectivity index (χ2v) is 7.34. The van der Waals surface area contributed by atoms with Crippen molar-refractivity contribution in [2.24, 2.45) is 5.10 Å². The Kier molecular flexibility index (Phi) is 7.57. The number of hydrazone groups is 1. The largest absolute Gasteiger partial charge is 0.497 e. The molecule has 0 radical (unpaired) electrons. The number of methoxy groups -OCH3 is 1. The predicted molar refractivity (Wildman–Crippen MR) is 120 cm³/mol. The van der Waals surface area contributed by atoms with Gasteiger partial charge in [0, 0.05) is 16.1 Å². The van der Waals surface area contributed by atoms with Crippen molar-refractivity contribution < 1.29 is 14.3 Å². The van der Waals surface area contributed by atoms with Crippen LogP contribution in [0.3, 0.4) is 0 Å². The molecule has 30 heavy (non-hydrogen) atoms. The van der Waals surface area contributed by atoms with Crippen molar-refractivity contribution >= 4 is 46.9 Å². The van der Waals surface area contributed by atoms with Crippen LogP contribution in [0, 0.1) is 0 Å². The Bertz CT molecular complexity index is 1050. The molecule has 154 valence electrons. The van der Waals surface area contributed by atoms with Gasteiger partial charge in [-0.15, -0.1) is 0 Å². The molecule has 0 aliphatic heterocycles. The van der Waals surface area contributed by atoms with Crippen molar-refractivity contribution in [3.05, 3.63) is 92.4 Å². The molecule has 1 N–H and O–H groups in total. The Labute approximate surface area is 189 Å². The summed E-state index contributed by atoms with van der Waals surface area (Å²) in [6, 6.07) is 17.3. The van der Waals surface area contributed by atoms with Crippen LogP contribution in [-0.2, 0) is 6.61 Å². The molecule has 0 aliphatic rings. The lowest BCUT2D eigenvalue weighted by Crippen LogP contribution is -2.17. The summed E-state index contributed by atoms with van der Waals surface area (Å²) in [5, 5.41) is 5.18. The number of nitrogens with zero attached hydrogens (tertiary/aromatic N) is 1. The first-order valence-electron chi connectivity index (χ1n) is 8.80. The van der Waals surface area contributed by atoms with Crippen molar-refractivity contribution in [3.63, 3.8) is 0 Å². The molecule has 5 nitrogen and oxygen atoms in total. The second-order valence-electron chi connectivity index (χ2n) is 6.12.